The molecule has 11 heteroatoms. The number of amides is 3. The van der Waals surface area contributed by atoms with E-state index in [-0.39, 0.29) is 18.7 Å². The van der Waals surface area contributed by atoms with E-state index in [0.29, 0.717) is 25.0 Å². The highest BCUT2D eigenvalue weighted by molar-refractivity contribution is 5.96. The summed E-state index contributed by atoms with van der Waals surface area (Å²) >= 11 is 0. The Balaban J connectivity index is 0. The van der Waals surface area contributed by atoms with Crippen molar-refractivity contribution in [2.45, 2.75) is 71.9 Å². The zero-order chi connectivity index (χ0) is 26.5. The fraction of sp³-hybridized carbons (Fsp3) is 0.522. The maximum atomic E-state index is 12.1. The van der Waals surface area contributed by atoms with Crippen LogP contribution in [0.15, 0.2) is 36.0 Å². The Morgan fingerprint density at radius 2 is 1.38 bits per heavy atom. The lowest BCUT2D eigenvalue weighted by molar-refractivity contribution is -0.140. The number of carboxylic acid groups (broad SMARTS) is 3. The summed E-state index contributed by atoms with van der Waals surface area (Å²) in [6.07, 6.45) is 8.77. The van der Waals surface area contributed by atoms with Gasteiger partial charge < -0.3 is 31.3 Å². The summed E-state index contributed by atoms with van der Waals surface area (Å²) in [5.74, 6) is -4.21. The van der Waals surface area contributed by atoms with Gasteiger partial charge in [0, 0.05) is 18.5 Å². The smallest absolute Gasteiger partial charge is 0.326 e. The van der Waals surface area contributed by atoms with Crippen molar-refractivity contribution in [3.05, 3.63) is 36.0 Å². The van der Waals surface area contributed by atoms with Crippen LogP contribution in [0.25, 0.3) is 0 Å². The van der Waals surface area contributed by atoms with E-state index in [9.17, 15) is 29.1 Å². The first-order chi connectivity index (χ1) is 16.1. The highest BCUT2D eigenvalue weighted by Gasteiger charge is 2.24. The van der Waals surface area contributed by atoms with E-state index < -0.39 is 42.4 Å². The highest BCUT2D eigenvalue weighted by atomic mass is 16.4. The lowest BCUT2D eigenvalue weighted by Crippen LogP contribution is -2.51. The van der Waals surface area contributed by atoms with Gasteiger partial charge in [-0.1, -0.05) is 38.2 Å². The van der Waals surface area contributed by atoms with Crippen LogP contribution in [0.4, 0.5) is 4.79 Å². The van der Waals surface area contributed by atoms with Gasteiger partial charge in [0.1, 0.15) is 12.1 Å². The average Bonchev–Trinajstić information content (AvgIpc) is 2.79. The summed E-state index contributed by atoms with van der Waals surface area (Å²) in [6, 6.07) is -3.75. The Morgan fingerprint density at radius 1 is 0.824 bits per heavy atom. The molecular formula is C23H37N3O8. The van der Waals surface area contributed by atoms with E-state index in [0.717, 1.165) is 0 Å². The molecule has 0 bridgehead atoms. The number of carbonyl (C=O) groups is 5. The van der Waals surface area contributed by atoms with Crippen molar-refractivity contribution in [2.24, 2.45) is 0 Å². The van der Waals surface area contributed by atoms with E-state index in [1.165, 1.54) is 0 Å². The Kier molecular flexibility index (Phi) is 19.2. The van der Waals surface area contributed by atoms with Crippen LogP contribution in [0.1, 0.15) is 59.8 Å². The van der Waals surface area contributed by atoms with E-state index in [2.05, 4.69) is 16.0 Å². The summed E-state index contributed by atoms with van der Waals surface area (Å²) in [7, 11) is 0. The molecule has 34 heavy (non-hydrogen) atoms. The molecule has 0 spiro atoms. The van der Waals surface area contributed by atoms with Crippen molar-refractivity contribution in [1.29, 1.82) is 0 Å². The monoisotopic (exact) mass is 483 g/mol. The number of hydrogen-bond acceptors (Lipinski definition) is 5. The highest BCUT2D eigenvalue weighted by Crippen LogP contribution is 2.04. The number of hydrogen-bond donors (Lipinski definition) is 6. The van der Waals surface area contributed by atoms with Crippen molar-refractivity contribution < 1.29 is 39.3 Å². The number of allylic oxidation sites excluding steroid dienone is 4. The molecule has 11 nitrogen and oxygen atoms in total. The number of urea groups is 1. The minimum absolute atomic E-state index is 0.0587. The largest absolute Gasteiger partial charge is 0.481 e. The molecule has 0 aromatic carbocycles. The zero-order valence-corrected chi connectivity index (χ0v) is 20.2. The predicted molar refractivity (Wildman–Crippen MR) is 127 cm³/mol. The van der Waals surface area contributed by atoms with Gasteiger partial charge >= 0.3 is 23.9 Å². The van der Waals surface area contributed by atoms with Crippen LogP contribution >= 0.6 is 0 Å². The Labute approximate surface area is 200 Å². The second-order valence-corrected chi connectivity index (χ2v) is 6.71. The molecule has 0 aliphatic rings. The number of carbonyl (C=O) groups excluding carboxylic acids is 2. The second-order valence-electron chi connectivity index (χ2n) is 6.71. The quantitative estimate of drug-likeness (QED) is 0.117. The molecule has 0 saturated heterocycles. The molecule has 0 radical (unpaired) electrons. The summed E-state index contributed by atoms with van der Waals surface area (Å²) in [4.78, 5) is 57.1. The number of rotatable bonds is 15. The first-order valence-electron chi connectivity index (χ1n) is 11.1. The van der Waals surface area contributed by atoms with Gasteiger partial charge in [0.2, 0.25) is 0 Å². The molecule has 0 aliphatic heterocycles. The van der Waals surface area contributed by atoms with Gasteiger partial charge in [0.15, 0.2) is 0 Å². The number of carboxylic acids is 3. The third kappa shape index (κ3) is 16.1. The predicted octanol–water partition coefficient (Wildman–Crippen LogP) is 2.45. The maximum absolute atomic E-state index is 12.1. The minimum Gasteiger partial charge on any atom is -0.481 e. The van der Waals surface area contributed by atoms with Crippen molar-refractivity contribution in [3.8, 4) is 0 Å². The molecule has 2 atom stereocenters. The van der Waals surface area contributed by atoms with Crippen LogP contribution in [0, 0.1) is 0 Å². The molecule has 6 N–H and O–H groups in total. The Morgan fingerprint density at radius 3 is 1.85 bits per heavy atom. The molecule has 0 fully saturated rings. The molecule has 0 aromatic heterocycles. The average molecular weight is 484 g/mol. The summed E-state index contributed by atoms with van der Waals surface area (Å²) < 4.78 is 0. The number of unbranched alkanes of at least 4 members (excludes halogenated alkanes) is 1. The molecule has 0 unspecified atom stereocenters. The fourth-order valence-electron chi connectivity index (χ4n) is 2.49. The van der Waals surface area contributed by atoms with Crippen LogP contribution < -0.4 is 16.0 Å². The molecular weight excluding hydrogens is 446 g/mol. The van der Waals surface area contributed by atoms with Gasteiger partial charge in [0.05, 0.1) is 0 Å². The molecule has 0 aromatic rings. The third-order valence-electron chi connectivity index (χ3n) is 4.21. The van der Waals surface area contributed by atoms with Crippen molar-refractivity contribution >= 4 is 29.8 Å². The second kappa shape index (κ2) is 20.0. The molecule has 0 heterocycles. The van der Waals surface area contributed by atoms with E-state index in [4.69, 9.17) is 10.2 Å². The van der Waals surface area contributed by atoms with E-state index in [1.807, 2.05) is 26.8 Å². The maximum Gasteiger partial charge on any atom is 0.326 e. The van der Waals surface area contributed by atoms with Crippen LogP contribution in [-0.2, 0) is 19.2 Å². The van der Waals surface area contributed by atoms with Gasteiger partial charge in [-0.25, -0.2) is 14.4 Å². The number of aliphatic carboxylic acids is 3. The van der Waals surface area contributed by atoms with Crippen molar-refractivity contribution in [3.63, 3.8) is 0 Å². The number of nitrogens with one attached hydrogen (secondary N) is 3. The molecule has 3 amide bonds. The fourth-order valence-corrected chi connectivity index (χ4v) is 2.49. The normalized spacial score (nSPS) is 12.9. The summed E-state index contributed by atoms with van der Waals surface area (Å²) in [5, 5.41) is 33.9. The van der Waals surface area contributed by atoms with Gasteiger partial charge in [0.25, 0.3) is 5.91 Å². The zero-order valence-electron chi connectivity index (χ0n) is 20.2. The van der Waals surface area contributed by atoms with Gasteiger partial charge in [-0.2, -0.15) is 0 Å². The van der Waals surface area contributed by atoms with Gasteiger partial charge in [-0.05, 0) is 45.6 Å². The first kappa shape index (κ1) is 32.5. The summed E-state index contributed by atoms with van der Waals surface area (Å²) in [5.41, 5.74) is 0.487. The standard InChI is InChI=1S/C21H31N3O8.C2H6/c1-3-5-6-9-14(4-2)18(27)22-13-8-7-10-15(19(28)29)23-21(32)24-16(20(30)31)11-12-17(25)26;1-2/h3-6,9,15-16H,7-8,10-13H2,1-2H3,(H,22,27)(H,25,26)(H,28,29)(H,30,31)(H2,23,24,32);1-2H3/b5-3-,9-6-,14-4+;/t15-,16-;/m0./s1. The molecule has 0 rings (SSSR count). The lowest BCUT2D eigenvalue weighted by atomic mass is 10.1. The first-order valence-corrected chi connectivity index (χ1v) is 11.1. The lowest BCUT2D eigenvalue weighted by Gasteiger charge is -2.18. The SMILES string of the molecule is CC.C\C=C/C=C\C(=C/C)C(=O)NCCCC[C@H](NC(=O)N[C@@H](CCC(=O)O)C(=O)O)C(=O)O. The van der Waals surface area contributed by atoms with Crippen LogP contribution in [0.2, 0.25) is 0 Å². The van der Waals surface area contributed by atoms with E-state index >= 15 is 0 Å². The topological polar surface area (TPSA) is 182 Å². The van der Waals surface area contributed by atoms with Gasteiger partial charge in [-0.15, -0.1) is 0 Å². The van der Waals surface area contributed by atoms with Crippen LogP contribution in [0.3, 0.4) is 0 Å². The minimum atomic E-state index is -1.46. The van der Waals surface area contributed by atoms with Crippen LogP contribution in [-0.4, -0.2) is 63.8 Å². The van der Waals surface area contributed by atoms with Crippen LogP contribution in [0.5, 0.6) is 0 Å². The molecule has 0 saturated carbocycles. The molecule has 192 valence electrons. The van der Waals surface area contributed by atoms with Crippen molar-refractivity contribution in [2.75, 3.05) is 6.54 Å². The van der Waals surface area contributed by atoms with Gasteiger partial charge in [-0.3, -0.25) is 9.59 Å². The van der Waals surface area contributed by atoms with Crippen molar-refractivity contribution in [1.82, 2.24) is 16.0 Å². The van der Waals surface area contributed by atoms with E-state index in [1.54, 1.807) is 31.2 Å². The summed E-state index contributed by atoms with van der Waals surface area (Å²) in [6.45, 7) is 7.90. The third-order valence-corrected chi connectivity index (χ3v) is 4.21. The Hall–Kier alpha value is -3.63. The Bertz CT molecular complexity index is 759. The molecule has 0 aliphatic carbocycles.